The van der Waals surface area contributed by atoms with Crippen molar-refractivity contribution in [3.05, 3.63) is 29.8 Å². The number of benzene rings is 1. The summed E-state index contributed by atoms with van der Waals surface area (Å²) in [5.74, 6) is 0.884. The first-order valence-electron chi connectivity index (χ1n) is 6.65. The second kappa shape index (κ2) is 5.72. The van der Waals surface area contributed by atoms with Crippen LogP contribution in [-0.2, 0) is 4.74 Å². The number of ether oxygens (including phenoxy) is 2. The highest BCUT2D eigenvalue weighted by molar-refractivity contribution is 5.29. The van der Waals surface area contributed by atoms with Crippen LogP contribution in [0.5, 0.6) is 5.75 Å². The average Bonchev–Trinajstić information content (AvgIpc) is 2.47. The smallest absolute Gasteiger partial charge is 0.118 e. The zero-order valence-electron chi connectivity index (χ0n) is 11.6. The zero-order chi connectivity index (χ0) is 13.1. The minimum Gasteiger partial charge on any atom is -0.497 e. The van der Waals surface area contributed by atoms with Crippen LogP contribution in [0.15, 0.2) is 24.3 Å². The Morgan fingerprint density at radius 3 is 2.44 bits per heavy atom. The van der Waals surface area contributed by atoms with Gasteiger partial charge in [0.05, 0.1) is 19.3 Å². The molecule has 1 saturated heterocycles. The van der Waals surface area contributed by atoms with Gasteiger partial charge in [-0.25, -0.2) is 0 Å². The summed E-state index contributed by atoms with van der Waals surface area (Å²) >= 11 is 0. The van der Waals surface area contributed by atoms with Crippen molar-refractivity contribution in [1.82, 2.24) is 5.32 Å². The highest BCUT2D eigenvalue weighted by Gasteiger charge is 2.28. The van der Waals surface area contributed by atoms with Crippen molar-refractivity contribution in [2.24, 2.45) is 0 Å². The van der Waals surface area contributed by atoms with Crippen LogP contribution in [0.1, 0.15) is 38.9 Å². The van der Waals surface area contributed by atoms with E-state index in [2.05, 4.69) is 38.2 Å². The number of methoxy groups -OCH3 is 1. The van der Waals surface area contributed by atoms with E-state index in [0.29, 0.717) is 12.1 Å². The maximum atomic E-state index is 6.15. The van der Waals surface area contributed by atoms with Crippen LogP contribution < -0.4 is 10.1 Å². The molecule has 1 heterocycles. The predicted molar refractivity (Wildman–Crippen MR) is 73.0 cm³/mol. The number of hydrogen-bond acceptors (Lipinski definition) is 3. The van der Waals surface area contributed by atoms with Crippen molar-refractivity contribution < 1.29 is 9.47 Å². The van der Waals surface area contributed by atoms with Crippen LogP contribution in [0, 0.1) is 0 Å². The molecule has 0 aromatic heterocycles. The van der Waals surface area contributed by atoms with Crippen molar-refractivity contribution in [2.45, 2.75) is 51.5 Å². The Bertz CT molecular complexity index is 377. The number of rotatable bonds is 2. The summed E-state index contributed by atoms with van der Waals surface area (Å²) < 4.78 is 11.3. The quantitative estimate of drug-likeness (QED) is 0.874. The lowest BCUT2D eigenvalue weighted by Gasteiger charge is -2.25. The molecule has 0 saturated carbocycles. The van der Waals surface area contributed by atoms with E-state index in [-0.39, 0.29) is 12.2 Å². The van der Waals surface area contributed by atoms with Gasteiger partial charge in [0, 0.05) is 12.1 Å². The summed E-state index contributed by atoms with van der Waals surface area (Å²) in [6, 6.07) is 8.97. The van der Waals surface area contributed by atoms with Crippen molar-refractivity contribution in [3.8, 4) is 5.75 Å². The molecule has 1 aliphatic heterocycles. The van der Waals surface area contributed by atoms with Crippen LogP contribution in [0.4, 0.5) is 0 Å². The molecule has 0 radical (unpaired) electrons. The van der Waals surface area contributed by atoms with Gasteiger partial charge in [0.25, 0.3) is 0 Å². The van der Waals surface area contributed by atoms with Crippen LogP contribution in [0.2, 0.25) is 0 Å². The largest absolute Gasteiger partial charge is 0.497 e. The molecule has 100 valence electrons. The summed E-state index contributed by atoms with van der Waals surface area (Å²) in [6.07, 6.45) is 1.44. The Morgan fingerprint density at radius 1 is 1.17 bits per heavy atom. The lowest BCUT2D eigenvalue weighted by molar-refractivity contribution is -0.00783. The molecule has 18 heavy (non-hydrogen) atoms. The first-order valence-corrected chi connectivity index (χ1v) is 6.65. The molecule has 1 N–H and O–H groups in total. The first kappa shape index (κ1) is 13.4. The number of nitrogens with one attached hydrogen (secondary N) is 1. The first-order chi connectivity index (χ1) is 8.60. The fraction of sp³-hybridized carbons (Fsp3) is 0.600. The van der Waals surface area contributed by atoms with Gasteiger partial charge in [-0.2, -0.15) is 0 Å². The minimum absolute atomic E-state index is 0.107. The van der Waals surface area contributed by atoms with Gasteiger partial charge in [0.15, 0.2) is 0 Å². The van der Waals surface area contributed by atoms with E-state index in [1.165, 1.54) is 5.56 Å². The zero-order valence-corrected chi connectivity index (χ0v) is 11.6. The molecule has 3 nitrogen and oxygen atoms in total. The molecule has 0 spiro atoms. The fourth-order valence-corrected chi connectivity index (χ4v) is 2.69. The van der Waals surface area contributed by atoms with E-state index in [1.54, 1.807) is 7.11 Å². The monoisotopic (exact) mass is 249 g/mol. The van der Waals surface area contributed by atoms with E-state index in [0.717, 1.165) is 12.2 Å². The van der Waals surface area contributed by atoms with Crippen molar-refractivity contribution in [1.29, 1.82) is 0 Å². The summed E-state index contributed by atoms with van der Waals surface area (Å²) in [5.41, 5.74) is 1.21. The molecular formula is C15H23NO2. The minimum atomic E-state index is 0.107. The Kier molecular flexibility index (Phi) is 4.25. The van der Waals surface area contributed by atoms with Gasteiger partial charge in [-0.15, -0.1) is 0 Å². The Balaban J connectivity index is 2.18. The Morgan fingerprint density at radius 2 is 1.83 bits per heavy atom. The molecular weight excluding hydrogens is 226 g/mol. The average molecular weight is 249 g/mol. The van der Waals surface area contributed by atoms with E-state index < -0.39 is 0 Å². The molecule has 0 bridgehead atoms. The lowest BCUT2D eigenvalue weighted by atomic mass is 10.0. The van der Waals surface area contributed by atoms with Gasteiger partial charge in [-0.05, 0) is 44.9 Å². The molecule has 1 aliphatic rings. The van der Waals surface area contributed by atoms with Crippen LogP contribution in [0.3, 0.4) is 0 Å². The topological polar surface area (TPSA) is 30.5 Å². The van der Waals surface area contributed by atoms with Gasteiger partial charge in [-0.1, -0.05) is 12.1 Å². The second-order valence-electron chi connectivity index (χ2n) is 5.23. The maximum absolute atomic E-state index is 6.15. The molecule has 1 aromatic rings. The standard InChI is InChI=1S/C15H23NO2/c1-10-9-11(2)18-15(12(3)16-10)13-5-7-14(17-4)8-6-13/h5-8,10-12,15-16H,9H2,1-4H3. The van der Waals surface area contributed by atoms with Crippen molar-refractivity contribution in [2.75, 3.05) is 7.11 Å². The van der Waals surface area contributed by atoms with Crippen LogP contribution in [0.25, 0.3) is 0 Å². The van der Waals surface area contributed by atoms with Gasteiger partial charge in [0.1, 0.15) is 5.75 Å². The van der Waals surface area contributed by atoms with Gasteiger partial charge in [0.2, 0.25) is 0 Å². The third-order valence-corrected chi connectivity index (χ3v) is 3.51. The molecule has 1 fully saturated rings. The molecule has 2 rings (SSSR count). The highest BCUT2D eigenvalue weighted by atomic mass is 16.5. The van der Waals surface area contributed by atoms with Crippen LogP contribution >= 0.6 is 0 Å². The van der Waals surface area contributed by atoms with Crippen molar-refractivity contribution in [3.63, 3.8) is 0 Å². The summed E-state index contributed by atoms with van der Waals surface area (Å²) in [7, 11) is 1.69. The lowest BCUT2D eigenvalue weighted by Crippen LogP contribution is -2.36. The summed E-state index contributed by atoms with van der Waals surface area (Å²) in [6.45, 7) is 6.54. The third kappa shape index (κ3) is 3.03. The SMILES string of the molecule is COc1ccc(C2OC(C)CC(C)NC2C)cc1. The van der Waals surface area contributed by atoms with E-state index in [1.807, 2.05) is 12.1 Å². The Labute approximate surface area is 109 Å². The van der Waals surface area contributed by atoms with Crippen molar-refractivity contribution >= 4 is 0 Å². The maximum Gasteiger partial charge on any atom is 0.118 e. The molecule has 3 heteroatoms. The molecule has 1 aromatic carbocycles. The molecule has 0 amide bonds. The third-order valence-electron chi connectivity index (χ3n) is 3.51. The predicted octanol–water partition coefficient (Wildman–Crippen LogP) is 2.91. The Hall–Kier alpha value is -1.06. The van der Waals surface area contributed by atoms with Gasteiger partial charge >= 0.3 is 0 Å². The van der Waals surface area contributed by atoms with Crippen LogP contribution in [-0.4, -0.2) is 25.3 Å². The summed E-state index contributed by atoms with van der Waals surface area (Å²) in [5, 5.41) is 3.59. The van der Waals surface area contributed by atoms with E-state index in [9.17, 15) is 0 Å². The van der Waals surface area contributed by atoms with Gasteiger partial charge in [-0.3, -0.25) is 0 Å². The fourth-order valence-electron chi connectivity index (χ4n) is 2.69. The van der Waals surface area contributed by atoms with E-state index in [4.69, 9.17) is 9.47 Å². The molecule has 0 aliphatic carbocycles. The van der Waals surface area contributed by atoms with E-state index >= 15 is 0 Å². The molecule has 4 atom stereocenters. The second-order valence-corrected chi connectivity index (χ2v) is 5.23. The summed E-state index contributed by atoms with van der Waals surface area (Å²) in [4.78, 5) is 0. The highest BCUT2D eigenvalue weighted by Crippen LogP contribution is 2.28. The number of hydrogen-bond donors (Lipinski definition) is 1. The van der Waals surface area contributed by atoms with Gasteiger partial charge < -0.3 is 14.8 Å². The molecule has 4 unspecified atom stereocenters. The normalized spacial score (nSPS) is 32.9.